The van der Waals surface area contributed by atoms with Crippen LogP contribution >= 0.6 is 0 Å². The van der Waals surface area contributed by atoms with Gasteiger partial charge in [0, 0.05) is 25.2 Å². The van der Waals surface area contributed by atoms with Crippen molar-refractivity contribution in [2.24, 2.45) is 0 Å². The molecule has 35 heavy (non-hydrogen) atoms. The SMILES string of the molecule is CCN(CC)S(=O)(=O)c1ccc(-c2noc([C@H]3CCCCN3C(=O)COc3ccccc3)n2)cc1. The Morgan fingerprint density at radius 2 is 1.80 bits per heavy atom. The predicted octanol–water partition coefficient (Wildman–Crippen LogP) is 3.90. The number of amides is 1. The molecule has 3 aromatic rings. The molecule has 0 bridgehead atoms. The maximum atomic E-state index is 12.9. The normalized spacial score (nSPS) is 16.4. The Balaban J connectivity index is 1.48. The number of para-hydroxylation sites is 1. The minimum Gasteiger partial charge on any atom is -0.484 e. The number of likely N-dealkylation sites (tertiary alicyclic amines) is 1. The van der Waals surface area contributed by atoms with Crippen molar-refractivity contribution in [3.63, 3.8) is 0 Å². The second-order valence-corrected chi connectivity index (χ2v) is 10.2. The standard InChI is InChI=1S/C25H30N4O5S/c1-3-28(4-2)35(31,32)21-15-13-19(14-16-21)24-26-25(34-27-24)22-12-8-9-17-29(22)23(30)18-33-20-10-6-5-7-11-20/h5-7,10-11,13-16,22H,3-4,8-9,12,17-18H2,1-2H3/t22-/m1/s1. The Morgan fingerprint density at radius 1 is 1.09 bits per heavy atom. The summed E-state index contributed by atoms with van der Waals surface area (Å²) in [6, 6.07) is 15.3. The van der Waals surface area contributed by atoms with E-state index in [1.807, 2.05) is 44.2 Å². The highest BCUT2D eigenvalue weighted by Crippen LogP contribution is 2.31. The second kappa shape index (κ2) is 11.0. The van der Waals surface area contributed by atoms with Crippen molar-refractivity contribution in [2.75, 3.05) is 26.2 Å². The van der Waals surface area contributed by atoms with Gasteiger partial charge in [-0.15, -0.1) is 0 Å². The number of carbonyl (C=O) groups is 1. The highest BCUT2D eigenvalue weighted by molar-refractivity contribution is 7.89. The smallest absolute Gasteiger partial charge is 0.261 e. The zero-order chi connectivity index (χ0) is 24.8. The summed E-state index contributed by atoms with van der Waals surface area (Å²) in [7, 11) is -3.54. The molecule has 0 saturated carbocycles. The molecule has 186 valence electrons. The largest absolute Gasteiger partial charge is 0.484 e. The average molecular weight is 499 g/mol. The fourth-order valence-corrected chi connectivity index (χ4v) is 5.67. The van der Waals surface area contributed by atoms with E-state index < -0.39 is 10.0 Å². The van der Waals surface area contributed by atoms with Crippen LogP contribution in [0, 0.1) is 0 Å². The number of benzene rings is 2. The van der Waals surface area contributed by atoms with Crippen molar-refractivity contribution in [2.45, 2.75) is 44.0 Å². The van der Waals surface area contributed by atoms with Crippen molar-refractivity contribution in [3.05, 3.63) is 60.5 Å². The third kappa shape index (κ3) is 5.54. The van der Waals surface area contributed by atoms with Gasteiger partial charge in [0.25, 0.3) is 5.91 Å². The Bertz CT molecular complexity index is 1220. The minimum atomic E-state index is -3.54. The molecule has 2 heterocycles. The van der Waals surface area contributed by atoms with Gasteiger partial charge in [-0.05, 0) is 55.7 Å². The zero-order valence-corrected chi connectivity index (χ0v) is 20.8. The lowest BCUT2D eigenvalue weighted by Gasteiger charge is -2.33. The van der Waals surface area contributed by atoms with E-state index in [2.05, 4.69) is 10.1 Å². The number of nitrogens with zero attached hydrogens (tertiary/aromatic N) is 4. The molecule has 0 aliphatic carbocycles. The molecule has 1 atom stereocenters. The van der Waals surface area contributed by atoms with Crippen LogP contribution in [0.15, 0.2) is 64.0 Å². The second-order valence-electron chi connectivity index (χ2n) is 8.27. The van der Waals surface area contributed by atoms with Gasteiger partial charge in [0.1, 0.15) is 11.8 Å². The van der Waals surface area contributed by atoms with Crippen LogP contribution in [0.4, 0.5) is 0 Å². The molecule has 0 radical (unpaired) electrons. The summed E-state index contributed by atoms with van der Waals surface area (Å²) in [6.07, 6.45) is 2.57. The van der Waals surface area contributed by atoms with Crippen LogP contribution in [-0.2, 0) is 14.8 Å². The molecule has 0 unspecified atom stereocenters. The lowest BCUT2D eigenvalue weighted by atomic mass is 10.0. The highest BCUT2D eigenvalue weighted by atomic mass is 32.2. The van der Waals surface area contributed by atoms with Gasteiger partial charge in [0.15, 0.2) is 6.61 Å². The molecule has 9 nitrogen and oxygen atoms in total. The van der Waals surface area contributed by atoms with Crippen molar-refractivity contribution >= 4 is 15.9 Å². The first-order valence-electron chi connectivity index (χ1n) is 11.9. The van der Waals surface area contributed by atoms with Gasteiger partial charge in [-0.3, -0.25) is 4.79 Å². The molecule has 4 rings (SSSR count). The predicted molar refractivity (Wildman–Crippen MR) is 130 cm³/mol. The van der Waals surface area contributed by atoms with Crippen molar-refractivity contribution in [1.82, 2.24) is 19.3 Å². The number of ether oxygens (including phenoxy) is 1. The summed E-state index contributed by atoms with van der Waals surface area (Å²) in [6.45, 7) is 4.96. The fraction of sp³-hybridized carbons (Fsp3) is 0.400. The van der Waals surface area contributed by atoms with E-state index in [0.29, 0.717) is 42.7 Å². The van der Waals surface area contributed by atoms with Crippen LogP contribution in [0.1, 0.15) is 45.0 Å². The molecule has 0 N–H and O–H groups in total. The summed E-state index contributed by atoms with van der Waals surface area (Å²) in [5.41, 5.74) is 0.639. The molecular formula is C25H30N4O5S. The Labute approximate surface area is 205 Å². The summed E-state index contributed by atoms with van der Waals surface area (Å²) >= 11 is 0. The Hall–Kier alpha value is -3.24. The first-order chi connectivity index (χ1) is 16.9. The van der Waals surface area contributed by atoms with E-state index in [1.165, 1.54) is 4.31 Å². The molecule has 1 fully saturated rings. The van der Waals surface area contributed by atoms with E-state index in [4.69, 9.17) is 9.26 Å². The number of piperidine rings is 1. The van der Waals surface area contributed by atoms with Gasteiger partial charge in [0.05, 0.1) is 4.90 Å². The van der Waals surface area contributed by atoms with Crippen LogP contribution in [-0.4, -0.2) is 59.9 Å². The van der Waals surface area contributed by atoms with Crippen LogP contribution in [0.5, 0.6) is 5.75 Å². The quantitative estimate of drug-likeness (QED) is 0.440. The van der Waals surface area contributed by atoms with Gasteiger partial charge in [-0.2, -0.15) is 9.29 Å². The number of aromatic nitrogens is 2. The Kier molecular flexibility index (Phi) is 7.82. The van der Waals surface area contributed by atoms with Crippen LogP contribution in [0.2, 0.25) is 0 Å². The maximum absolute atomic E-state index is 12.9. The summed E-state index contributed by atoms with van der Waals surface area (Å²) in [5, 5.41) is 4.09. The fourth-order valence-electron chi connectivity index (χ4n) is 4.21. The van der Waals surface area contributed by atoms with Gasteiger partial charge >= 0.3 is 0 Å². The Morgan fingerprint density at radius 3 is 2.49 bits per heavy atom. The molecule has 2 aromatic carbocycles. The third-order valence-electron chi connectivity index (χ3n) is 6.11. The van der Waals surface area contributed by atoms with E-state index in [1.54, 1.807) is 29.2 Å². The van der Waals surface area contributed by atoms with Crippen molar-refractivity contribution in [3.8, 4) is 17.1 Å². The van der Waals surface area contributed by atoms with Crippen molar-refractivity contribution in [1.29, 1.82) is 0 Å². The molecule has 1 amide bonds. The number of carbonyl (C=O) groups excluding carboxylic acids is 1. The van der Waals surface area contributed by atoms with Gasteiger partial charge in [-0.1, -0.05) is 37.2 Å². The van der Waals surface area contributed by atoms with Gasteiger partial charge in [0.2, 0.25) is 21.7 Å². The topological polar surface area (TPSA) is 106 Å². The maximum Gasteiger partial charge on any atom is 0.261 e. The number of rotatable bonds is 9. The van der Waals surface area contributed by atoms with Gasteiger partial charge < -0.3 is 14.2 Å². The summed E-state index contributed by atoms with van der Waals surface area (Å²) < 4.78 is 38.0. The van der Waals surface area contributed by atoms with Crippen LogP contribution < -0.4 is 4.74 Å². The average Bonchev–Trinajstić information content (AvgIpc) is 3.39. The van der Waals surface area contributed by atoms with E-state index >= 15 is 0 Å². The number of hydrogen-bond acceptors (Lipinski definition) is 7. The monoisotopic (exact) mass is 498 g/mol. The lowest BCUT2D eigenvalue weighted by molar-refractivity contribution is -0.138. The number of sulfonamides is 1. The van der Waals surface area contributed by atoms with E-state index in [-0.39, 0.29) is 23.5 Å². The van der Waals surface area contributed by atoms with Crippen molar-refractivity contribution < 1.29 is 22.5 Å². The van der Waals surface area contributed by atoms with Crippen LogP contribution in [0.3, 0.4) is 0 Å². The number of hydrogen-bond donors (Lipinski definition) is 0. The first kappa shape index (κ1) is 24.9. The van der Waals surface area contributed by atoms with Gasteiger partial charge in [-0.25, -0.2) is 8.42 Å². The van der Waals surface area contributed by atoms with Crippen LogP contribution in [0.25, 0.3) is 11.4 Å². The molecule has 0 spiro atoms. The molecule has 1 saturated heterocycles. The highest BCUT2D eigenvalue weighted by Gasteiger charge is 2.32. The lowest BCUT2D eigenvalue weighted by Crippen LogP contribution is -2.41. The zero-order valence-electron chi connectivity index (χ0n) is 20.0. The minimum absolute atomic E-state index is 0.0655. The third-order valence-corrected chi connectivity index (χ3v) is 8.18. The summed E-state index contributed by atoms with van der Waals surface area (Å²) in [4.78, 5) is 19.4. The van der Waals surface area contributed by atoms with E-state index in [0.717, 1.165) is 19.3 Å². The molecule has 1 aliphatic heterocycles. The summed E-state index contributed by atoms with van der Waals surface area (Å²) in [5.74, 6) is 1.23. The molecular weight excluding hydrogens is 468 g/mol. The van der Waals surface area contributed by atoms with E-state index in [9.17, 15) is 13.2 Å². The first-order valence-corrected chi connectivity index (χ1v) is 13.3. The molecule has 10 heteroatoms. The molecule has 1 aromatic heterocycles. The molecule has 1 aliphatic rings.